The van der Waals surface area contributed by atoms with Crippen LogP contribution in [0.2, 0.25) is 0 Å². The molecule has 1 N–H and O–H groups in total. The molecule has 17 heavy (non-hydrogen) atoms. The fourth-order valence-electron chi connectivity index (χ4n) is 2.05. The Bertz CT molecular complexity index is 497. The molecule has 1 aliphatic rings. The van der Waals surface area contributed by atoms with Gasteiger partial charge in [0.05, 0.1) is 11.7 Å². The Labute approximate surface area is 106 Å². The zero-order chi connectivity index (χ0) is 11.8. The number of hydrogen-bond acceptors (Lipinski definition) is 3. The van der Waals surface area contributed by atoms with Gasteiger partial charge in [-0.2, -0.15) is 11.3 Å². The second-order valence-electron chi connectivity index (χ2n) is 4.77. The molecule has 2 heterocycles. The van der Waals surface area contributed by atoms with E-state index in [0.29, 0.717) is 12.1 Å². The van der Waals surface area contributed by atoms with Gasteiger partial charge in [-0.1, -0.05) is 0 Å². The maximum atomic E-state index is 4.58. The second-order valence-corrected chi connectivity index (χ2v) is 5.55. The number of hydrogen-bond donors (Lipinski definition) is 1. The van der Waals surface area contributed by atoms with Crippen molar-refractivity contribution in [3.8, 4) is 0 Å². The van der Waals surface area contributed by atoms with Crippen LogP contribution < -0.4 is 5.32 Å². The first kappa shape index (κ1) is 10.8. The van der Waals surface area contributed by atoms with Crippen LogP contribution in [0.15, 0.2) is 23.0 Å². The quantitative estimate of drug-likeness (QED) is 0.891. The SMILES string of the molecule is Cc1cn(C2CC2)c(NC(C)c2ccsc2)n1. The highest BCUT2D eigenvalue weighted by Gasteiger charge is 2.26. The van der Waals surface area contributed by atoms with Gasteiger partial charge in [0, 0.05) is 12.2 Å². The molecule has 0 bridgehead atoms. The average Bonchev–Trinajstić information content (AvgIpc) is 2.86. The Hall–Kier alpha value is -1.29. The zero-order valence-corrected chi connectivity index (χ0v) is 11.0. The predicted molar refractivity (Wildman–Crippen MR) is 71.6 cm³/mol. The predicted octanol–water partition coefficient (Wildman–Crippen LogP) is 3.76. The van der Waals surface area contributed by atoms with Crippen LogP contribution in [0, 0.1) is 6.92 Å². The van der Waals surface area contributed by atoms with Crippen molar-refractivity contribution >= 4 is 17.3 Å². The van der Waals surface area contributed by atoms with Gasteiger partial charge in [0.2, 0.25) is 5.95 Å². The van der Waals surface area contributed by atoms with Crippen LogP contribution in [0.4, 0.5) is 5.95 Å². The Morgan fingerprint density at radius 1 is 1.53 bits per heavy atom. The third-order valence-electron chi connectivity index (χ3n) is 3.18. The number of nitrogens with zero attached hydrogens (tertiary/aromatic N) is 2. The first-order valence-electron chi connectivity index (χ1n) is 6.08. The number of thiophene rings is 1. The van der Waals surface area contributed by atoms with E-state index in [1.807, 2.05) is 0 Å². The lowest BCUT2D eigenvalue weighted by Crippen LogP contribution is -2.10. The molecule has 0 amide bonds. The Morgan fingerprint density at radius 2 is 2.35 bits per heavy atom. The normalized spacial score (nSPS) is 17.1. The molecule has 0 saturated heterocycles. The van der Waals surface area contributed by atoms with Crippen LogP contribution in [0.1, 0.15) is 43.1 Å². The molecular weight excluding hydrogens is 230 g/mol. The summed E-state index contributed by atoms with van der Waals surface area (Å²) in [6.07, 6.45) is 4.73. The molecule has 0 aliphatic heterocycles. The second kappa shape index (κ2) is 4.18. The molecule has 0 spiro atoms. The maximum absolute atomic E-state index is 4.58. The molecule has 0 radical (unpaired) electrons. The van der Waals surface area contributed by atoms with E-state index in [0.717, 1.165) is 11.6 Å². The highest BCUT2D eigenvalue weighted by atomic mass is 32.1. The summed E-state index contributed by atoms with van der Waals surface area (Å²) in [6, 6.07) is 3.16. The fourth-order valence-corrected chi connectivity index (χ4v) is 2.81. The molecular formula is C13H17N3S. The summed E-state index contributed by atoms with van der Waals surface area (Å²) < 4.78 is 2.29. The van der Waals surface area contributed by atoms with Crippen molar-refractivity contribution in [2.45, 2.75) is 38.8 Å². The summed E-state index contributed by atoms with van der Waals surface area (Å²) in [6.45, 7) is 4.24. The number of aromatic nitrogens is 2. The van der Waals surface area contributed by atoms with Crippen molar-refractivity contribution in [2.24, 2.45) is 0 Å². The van der Waals surface area contributed by atoms with E-state index in [2.05, 4.69) is 51.7 Å². The van der Waals surface area contributed by atoms with E-state index in [9.17, 15) is 0 Å². The number of rotatable bonds is 4. The van der Waals surface area contributed by atoms with Gasteiger partial charge < -0.3 is 9.88 Å². The van der Waals surface area contributed by atoms with Gasteiger partial charge in [0.15, 0.2) is 0 Å². The lowest BCUT2D eigenvalue weighted by molar-refractivity contribution is 0.727. The highest BCUT2D eigenvalue weighted by Crippen LogP contribution is 2.38. The summed E-state index contributed by atoms with van der Waals surface area (Å²) >= 11 is 1.74. The first-order chi connectivity index (χ1) is 8.24. The molecule has 3 rings (SSSR count). The largest absolute Gasteiger partial charge is 0.349 e. The summed E-state index contributed by atoms with van der Waals surface area (Å²) in [4.78, 5) is 4.58. The number of nitrogens with one attached hydrogen (secondary N) is 1. The standard InChI is InChI=1S/C13H17N3S/c1-9-7-16(12-3-4-12)13(14-9)15-10(2)11-5-6-17-8-11/h5-8,10,12H,3-4H2,1-2H3,(H,14,15). The van der Waals surface area contributed by atoms with Crippen molar-refractivity contribution in [1.29, 1.82) is 0 Å². The number of anilines is 1. The Balaban J connectivity index is 1.80. The molecule has 0 aromatic carbocycles. The van der Waals surface area contributed by atoms with Crippen molar-refractivity contribution in [3.05, 3.63) is 34.3 Å². The smallest absolute Gasteiger partial charge is 0.203 e. The van der Waals surface area contributed by atoms with Crippen LogP contribution >= 0.6 is 11.3 Å². The van der Waals surface area contributed by atoms with E-state index in [1.165, 1.54) is 18.4 Å². The maximum Gasteiger partial charge on any atom is 0.203 e. The molecule has 90 valence electrons. The number of aryl methyl sites for hydroxylation is 1. The summed E-state index contributed by atoms with van der Waals surface area (Å²) in [5.41, 5.74) is 2.43. The minimum atomic E-state index is 0.320. The topological polar surface area (TPSA) is 29.9 Å². The Morgan fingerprint density at radius 3 is 3.00 bits per heavy atom. The van der Waals surface area contributed by atoms with Crippen LogP contribution in [0.5, 0.6) is 0 Å². The summed E-state index contributed by atoms with van der Waals surface area (Å²) in [7, 11) is 0. The summed E-state index contributed by atoms with van der Waals surface area (Å²) in [5, 5.41) is 7.82. The van der Waals surface area contributed by atoms with E-state index in [1.54, 1.807) is 11.3 Å². The lowest BCUT2D eigenvalue weighted by atomic mass is 10.2. The fraction of sp³-hybridized carbons (Fsp3) is 0.462. The van der Waals surface area contributed by atoms with Crippen LogP contribution in [-0.4, -0.2) is 9.55 Å². The van der Waals surface area contributed by atoms with E-state index in [4.69, 9.17) is 0 Å². The monoisotopic (exact) mass is 247 g/mol. The Kier molecular flexibility index (Phi) is 2.67. The van der Waals surface area contributed by atoms with Crippen molar-refractivity contribution in [1.82, 2.24) is 9.55 Å². The van der Waals surface area contributed by atoms with Gasteiger partial charge >= 0.3 is 0 Å². The minimum Gasteiger partial charge on any atom is -0.349 e. The minimum absolute atomic E-state index is 0.320. The molecule has 1 fully saturated rings. The van der Waals surface area contributed by atoms with Gasteiger partial charge in [-0.25, -0.2) is 4.98 Å². The van der Waals surface area contributed by atoms with E-state index < -0.39 is 0 Å². The summed E-state index contributed by atoms with van der Waals surface area (Å²) in [5.74, 6) is 1.02. The van der Waals surface area contributed by atoms with Crippen molar-refractivity contribution < 1.29 is 0 Å². The van der Waals surface area contributed by atoms with Gasteiger partial charge in [-0.05, 0) is 49.1 Å². The van der Waals surface area contributed by atoms with E-state index >= 15 is 0 Å². The zero-order valence-electron chi connectivity index (χ0n) is 10.2. The van der Waals surface area contributed by atoms with Crippen LogP contribution in [0.25, 0.3) is 0 Å². The molecule has 3 nitrogen and oxygen atoms in total. The van der Waals surface area contributed by atoms with Crippen molar-refractivity contribution in [2.75, 3.05) is 5.32 Å². The number of imidazole rings is 1. The molecule has 2 aromatic heterocycles. The first-order valence-corrected chi connectivity index (χ1v) is 7.02. The van der Waals surface area contributed by atoms with Gasteiger partial charge in [0.1, 0.15) is 0 Å². The molecule has 4 heteroatoms. The molecule has 1 aliphatic carbocycles. The molecule has 1 unspecified atom stereocenters. The molecule has 2 aromatic rings. The van der Waals surface area contributed by atoms with Gasteiger partial charge in [0.25, 0.3) is 0 Å². The average molecular weight is 247 g/mol. The lowest BCUT2D eigenvalue weighted by Gasteiger charge is -2.14. The van der Waals surface area contributed by atoms with Gasteiger partial charge in [-0.15, -0.1) is 0 Å². The van der Waals surface area contributed by atoms with E-state index in [-0.39, 0.29) is 0 Å². The van der Waals surface area contributed by atoms with Gasteiger partial charge in [-0.3, -0.25) is 0 Å². The molecule has 1 saturated carbocycles. The van der Waals surface area contributed by atoms with Crippen molar-refractivity contribution in [3.63, 3.8) is 0 Å². The van der Waals surface area contributed by atoms with Crippen LogP contribution in [0.3, 0.4) is 0 Å². The third kappa shape index (κ3) is 2.22. The third-order valence-corrected chi connectivity index (χ3v) is 3.88. The molecule has 1 atom stereocenters. The van der Waals surface area contributed by atoms with Crippen LogP contribution in [-0.2, 0) is 0 Å². The highest BCUT2D eigenvalue weighted by molar-refractivity contribution is 7.07.